The van der Waals surface area contributed by atoms with E-state index in [1.807, 2.05) is 12.1 Å². The second-order valence-electron chi connectivity index (χ2n) is 3.24. The fourth-order valence-electron chi connectivity index (χ4n) is 0.994. The average Bonchev–Trinajstić information content (AvgIpc) is 2.15. The fraction of sp³-hybridized carbons (Fsp3) is 0.500. The molecule has 1 N–H and O–H groups in total. The van der Waals surface area contributed by atoms with E-state index in [9.17, 15) is 0 Å². The molecule has 0 unspecified atom stereocenters. The summed E-state index contributed by atoms with van der Waals surface area (Å²) in [7, 11) is 1.63. The minimum Gasteiger partial charge on any atom is -0.481 e. The minimum absolute atomic E-state index is 0.499. The normalized spacial score (nSPS) is 10.5. The lowest BCUT2D eigenvalue weighted by molar-refractivity contribution is 0.397. The summed E-state index contributed by atoms with van der Waals surface area (Å²) < 4.78 is 5.02. The summed E-state index contributed by atoms with van der Waals surface area (Å²) in [6.07, 6.45) is 1.76. The summed E-state index contributed by atoms with van der Waals surface area (Å²) in [5.74, 6) is 0.669. The molecule has 1 aromatic rings. The summed E-state index contributed by atoms with van der Waals surface area (Å²) in [6.45, 7) is 5.10. The number of pyridine rings is 1. The van der Waals surface area contributed by atoms with Crippen molar-refractivity contribution in [1.29, 1.82) is 0 Å². The highest BCUT2D eigenvalue weighted by Crippen LogP contribution is 2.07. The molecular weight excluding hydrogens is 164 g/mol. The Bertz CT molecular complexity index is 261. The number of methoxy groups -OCH3 is 1. The third kappa shape index (κ3) is 3.42. The molecule has 0 aromatic carbocycles. The van der Waals surface area contributed by atoms with E-state index in [1.165, 1.54) is 5.56 Å². The van der Waals surface area contributed by atoms with Gasteiger partial charge in [0.25, 0.3) is 0 Å². The van der Waals surface area contributed by atoms with Crippen LogP contribution >= 0.6 is 0 Å². The van der Waals surface area contributed by atoms with E-state index in [0.717, 1.165) is 6.54 Å². The first kappa shape index (κ1) is 9.99. The van der Waals surface area contributed by atoms with Crippen molar-refractivity contribution in [1.82, 2.24) is 10.3 Å². The molecule has 3 nitrogen and oxygen atoms in total. The molecule has 1 heterocycles. The summed E-state index contributed by atoms with van der Waals surface area (Å²) in [6, 6.07) is 4.42. The Labute approximate surface area is 79.1 Å². The smallest absolute Gasteiger partial charge is 0.213 e. The first-order chi connectivity index (χ1) is 6.22. The van der Waals surface area contributed by atoms with E-state index < -0.39 is 0 Å². The third-order valence-electron chi connectivity index (χ3n) is 1.72. The second-order valence-corrected chi connectivity index (χ2v) is 3.24. The van der Waals surface area contributed by atoms with Gasteiger partial charge < -0.3 is 10.1 Å². The van der Waals surface area contributed by atoms with Crippen molar-refractivity contribution >= 4 is 0 Å². The van der Waals surface area contributed by atoms with E-state index in [2.05, 4.69) is 24.1 Å². The Hall–Kier alpha value is -1.09. The molecule has 0 saturated carbocycles. The highest BCUT2D eigenvalue weighted by atomic mass is 16.5. The lowest BCUT2D eigenvalue weighted by atomic mass is 10.2. The van der Waals surface area contributed by atoms with Crippen molar-refractivity contribution in [2.24, 2.45) is 0 Å². The molecule has 72 valence electrons. The van der Waals surface area contributed by atoms with Crippen LogP contribution in [0.1, 0.15) is 19.4 Å². The van der Waals surface area contributed by atoms with Gasteiger partial charge in [0.1, 0.15) is 0 Å². The third-order valence-corrected chi connectivity index (χ3v) is 1.72. The van der Waals surface area contributed by atoms with Gasteiger partial charge in [0.05, 0.1) is 7.11 Å². The lowest BCUT2D eigenvalue weighted by Gasteiger charge is -2.08. The molecule has 0 radical (unpaired) electrons. The van der Waals surface area contributed by atoms with Crippen LogP contribution < -0.4 is 10.1 Å². The lowest BCUT2D eigenvalue weighted by Crippen LogP contribution is -2.21. The second kappa shape index (κ2) is 4.82. The number of rotatable bonds is 4. The zero-order valence-electron chi connectivity index (χ0n) is 8.37. The Kier molecular flexibility index (Phi) is 3.71. The van der Waals surface area contributed by atoms with Crippen LogP contribution in [0.5, 0.6) is 5.88 Å². The van der Waals surface area contributed by atoms with Crippen molar-refractivity contribution in [3.8, 4) is 5.88 Å². The highest BCUT2D eigenvalue weighted by Gasteiger charge is 1.97. The van der Waals surface area contributed by atoms with Gasteiger partial charge in [0.15, 0.2) is 0 Å². The zero-order valence-corrected chi connectivity index (χ0v) is 8.37. The summed E-state index contributed by atoms with van der Waals surface area (Å²) in [5, 5.41) is 3.33. The Morgan fingerprint density at radius 1 is 1.54 bits per heavy atom. The molecule has 3 heteroatoms. The minimum atomic E-state index is 0.499. The zero-order chi connectivity index (χ0) is 9.68. The summed E-state index contributed by atoms with van der Waals surface area (Å²) in [5.41, 5.74) is 1.19. The van der Waals surface area contributed by atoms with Gasteiger partial charge >= 0.3 is 0 Å². The standard InChI is InChI=1S/C10H16N2O/c1-8(2)12-7-9-4-5-11-10(6-9)13-3/h4-6,8,12H,7H2,1-3H3. The molecule has 0 aliphatic rings. The molecule has 1 rings (SSSR count). The molecule has 0 aliphatic heterocycles. The van der Waals surface area contributed by atoms with Crippen LogP contribution in [0.2, 0.25) is 0 Å². The van der Waals surface area contributed by atoms with Crippen molar-refractivity contribution < 1.29 is 4.74 Å². The summed E-state index contributed by atoms with van der Waals surface area (Å²) in [4.78, 5) is 4.03. The van der Waals surface area contributed by atoms with Gasteiger partial charge in [-0.2, -0.15) is 0 Å². The molecule has 0 fully saturated rings. The quantitative estimate of drug-likeness (QED) is 0.764. The van der Waals surface area contributed by atoms with Gasteiger partial charge in [-0.3, -0.25) is 0 Å². The molecular formula is C10H16N2O. The van der Waals surface area contributed by atoms with Crippen molar-refractivity contribution in [2.75, 3.05) is 7.11 Å². The molecule has 0 saturated heterocycles. The maximum atomic E-state index is 5.02. The van der Waals surface area contributed by atoms with Crippen molar-refractivity contribution in [2.45, 2.75) is 26.4 Å². The number of hydrogen-bond acceptors (Lipinski definition) is 3. The molecule has 0 aliphatic carbocycles. The van der Waals surface area contributed by atoms with E-state index in [-0.39, 0.29) is 0 Å². The molecule has 0 atom stereocenters. The van der Waals surface area contributed by atoms with E-state index in [4.69, 9.17) is 4.74 Å². The maximum Gasteiger partial charge on any atom is 0.213 e. The fourth-order valence-corrected chi connectivity index (χ4v) is 0.994. The average molecular weight is 180 g/mol. The SMILES string of the molecule is COc1cc(CNC(C)C)ccn1. The van der Waals surface area contributed by atoms with E-state index >= 15 is 0 Å². The van der Waals surface area contributed by atoms with Crippen LogP contribution in [0.25, 0.3) is 0 Å². The molecule has 0 bridgehead atoms. The number of aromatic nitrogens is 1. The van der Waals surface area contributed by atoms with E-state index in [1.54, 1.807) is 13.3 Å². The van der Waals surface area contributed by atoms with Gasteiger partial charge in [-0.1, -0.05) is 13.8 Å². The molecule has 1 aromatic heterocycles. The predicted octanol–water partition coefficient (Wildman–Crippen LogP) is 1.59. The largest absolute Gasteiger partial charge is 0.481 e. The van der Waals surface area contributed by atoms with Gasteiger partial charge in [-0.25, -0.2) is 4.98 Å². The Morgan fingerprint density at radius 3 is 2.92 bits per heavy atom. The topological polar surface area (TPSA) is 34.1 Å². The molecule has 0 amide bonds. The van der Waals surface area contributed by atoms with Crippen LogP contribution in [0.3, 0.4) is 0 Å². The number of nitrogens with zero attached hydrogens (tertiary/aromatic N) is 1. The first-order valence-corrected chi connectivity index (χ1v) is 4.44. The van der Waals surface area contributed by atoms with Crippen LogP contribution in [-0.4, -0.2) is 18.1 Å². The number of ether oxygens (including phenoxy) is 1. The van der Waals surface area contributed by atoms with Crippen molar-refractivity contribution in [3.05, 3.63) is 23.9 Å². The molecule has 0 spiro atoms. The first-order valence-electron chi connectivity index (χ1n) is 4.44. The van der Waals surface area contributed by atoms with Gasteiger partial charge in [0.2, 0.25) is 5.88 Å². The number of hydrogen-bond donors (Lipinski definition) is 1. The Balaban J connectivity index is 2.56. The number of nitrogens with one attached hydrogen (secondary N) is 1. The van der Waals surface area contributed by atoms with E-state index in [0.29, 0.717) is 11.9 Å². The van der Waals surface area contributed by atoms with Gasteiger partial charge in [0, 0.05) is 24.8 Å². The van der Waals surface area contributed by atoms with Gasteiger partial charge in [-0.15, -0.1) is 0 Å². The van der Waals surface area contributed by atoms with Crippen molar-refractivity contribution in [3.63, 3.8) is 0 Å². The van der Waals surface area contributed by atoms with Crippen LogP contribution in [-0.2, 0) is 6.54 Å². The van der Waals surface area contributed by atoms with Crippen LogP contribution in [0, 0.1) is 0 Å². The maximum absolute atomic E-state index is 5.02. The van der Waals surface area contributed by atoms with Crippen LogP contribution in [0.15, 0.2) is 18.3 Å². The van der Waals surface area contributed by atoms with Gasteiger partial charge in [-0.05, 0) is 11.6 Å². The Morgan fingerprint density at radius 2 is 2.31 bits per heavy atom. The van der Waals surface area contributed by atoms with Crippen LogP contribution in [0.4, 0.5) is 0 Å². The summed E-state index contributed by atoms with van der Waals surface area (Å²) >= 11 is 0. The monoisotopic (exact) mass is 180 g/mol. The predicted molar refractivity (Wildman–Crippen MR) is 52.8 cm³/mol. The highest BCUT2D eigenvalue weighted by molar-refractivity contribution is 5.20. The molecule has 13 heavy (non-hydrogen) atoms.